The van der Waals surface area contributed by atoms with Crippen molar-refractivity contribution in [2.75, 3.05) is 54.8 Å². The Morgan fingerprint density at radius 3 is 2.51 bits per heavy atom. The molecule has 0 atom stereocenters. The molecule has 2 N–H and O–H groups in total. The third-order valence-corrected chi connectivity index (χ3v) is 8.14. The zero-order chi connectivity index (χ0) is 29.3. The first-order valence-corrected chi connectivity index (χ1v) is 14.8. The molecule has 2 aliphatic heterocycles. The predicted molar refractivity (Wildman–Crippen MR) is 162 cm³/mol. The van der Waals surface area contributed by atoms with Crippen molar-refractivity contribution in [1.82, 2.24) is 24.8 Å². The quantitative estimate of drug-likeness (QED) is 0.407. The van der Waals surface area contributed by atoms with Gasteiger partial charge in [-0.2, -0.15) is 0 Å². The second kappa shape index (κ2) is 11.8. The monoisotopic (exact) mass is 598 g/mol. The van der Waals surface area contributed by atoms with Crippen LogP contribution in [0.4, 0.5) is 27.2 Å². The van der Waals surface area contributed by atoms with Crippen molar-refractivity contribution in [3.05, 3.63) is 51.7 Å². The van der Waals surface area contributed by atoms with Crippen LogP contribution in [-0.2, 0) is 4.74 Å². The van der Waals surface area contributed by atoms with E-state index in [0.717, 1.165) is 37.6 Å². The minimum Gasteiger partial charge on any atom is -0.444 e. The van der Waals surface area contributed by atoms with Gasteiger partial charge >= 0.3 is 6.09 Å². The van der Waals surface area contributed by atoms with Gasteiger partial charge in [-0.15, -0.1) is 0 Å². The summed E-state index contributed by atoms with van der Waals surface area (Å²) in [6.07, 6.45) is 1.29. The number of anilines is 4. The van der Waals surface area contributed by atoms with E-state index in [1.165, 1.54) is 17.5 Å². The van der Waals surface area contributed by atoms with Crippen LogP contribution in [0.2, 0.25) is 5.02 Å². The lowest BCUT2D eigenvalue weighted by atomic mass is 10.1. The van der Waals surface area contributed by atoms with Crippen molar-refractivity contribution in [2.24, 2.45) is 0 Å². The highest BCUT2D eigenvalue weighted by atomic mass is 35.5. The Labute approximate surface area is 248 Å². The number of amides is 2. The Hall–Kier alpha value is -3.48. The van der Waals surface area contributed by atoms with Gasteiger partial charge in [0.25, 0.3) is 5.91 Å². The molecule has 4 heterocycles. The molecule has 0 saturated carbocycles. The number of para-hydroxylation sites is 1. The van der Waals surface area contributed by atoms with Gasteiger partial charge in [0.1, 0.15) is 27.9 Å². The van der Waals surface area contributed by atoms with Crippen molar-refractivity contribution in [3.8, 4) is 0 Å². The Bertz CT molecular complexity index is 1410. The molecule has 2 amide bonds. The van der Waals surface area contributed by atoms with Gasteiger partial charge in [0, 0.05) is 51.4 Å². The standard InChI is InChI=1S/C28H35ClN8O3S/c1-17-7-6-8-20(29)24(17)34-25(38)21-14-30-26(41-21)33-22-13-23(32-18(2)31-22)36-11-9-35(10-12-36)19-15-37(16-19)27(39)40-28(3,4)5/h6-8,13-14,19H,9-12,15-16H2,1-5H3,(H,34,38)(H,30,31,32,33). The molecule has 5 rings (SSSR count). The minimum atomic E-state index is -0.482. The van der Waals surface area contributed by atoms with Crippen LogP contribution in [0.3, 0.4) is 0 Å². The number of rotatable bonds is 6. The van der Waals surface area contributed by atoms with Crippen LogP contribution in [0.5, 0.6) is 0 Å². The van der Waals surface area contributed by atoms with Crippen molar-refractivity contribution in [2.45, 2.75) is 46.3 Å². The zero-order valence-electron chi connectivity index (χ0n) is 23.9. The number of piperazine rings is 1. The Morgan fingerprint density at radius 1 is 1.10 bits per heavy atom. The van der Waals surface area contributed by atoms with Crippen LogP contribution in [0.25, 0.3) is 0 Å². The number of thiazole rings is 1. The lowest BCUT2D eigenvalue weighted by molar-refractivity contribution is -0.0162. The molecule has 3 aromatic rings. The van der Waals surface area contributed by atoms with E-state index >= 15 is 0 Å². The third kappa shape index (κ3) is 7.06. The maximum Gasteiger partial charge on any atom is 0.410 e. The van der Waals surface area contributed by atoms with Crippen LogP contribution >= 0.6 is 22.9 Å². The molecular formula is C28H35ClN8O3S. The first-order valence-electron chi connectivity index (χ1n) is 13.6. The topological polar surface area (TPSA) is 116 Å². The zero-order valence-corrected chi connectivity index (χ0v) is 25.5. The van der Waals surface area contributed by atoms with Gasteiger partial charge in [-0.1, -0.05) is 35.1 Å². The van der Waals surface area contributed by atoms with Gasteiger partial charge < -0.3 is 25.2 Å². The van der Waals surface area contributed by atoms with E-state index in [2.05, 4.69) is 35.4 Å². The van der Waals surface area contributed by atoms with Crippen molar-refractivity contribution >= 4 is 57.4 Å². The number of halogens is 1. The number of nitrogens with zero attached hydrogens (tertiary/aromatic N) is 6. The fourth-order valence-corrected chi connectivity index (χ4v) is 5.76. The molecule has 41 heavy (non-hydrogen) atoms. The summed E-state index contributed by atoms with van der Waals surface area (Å²) in [6.45, 7) is 14.2. The van der Waals surface area contributed by atoms with Crippen LogP contribution in [0, 0.1) is 13.8 Å². The van der Waals surface area contributed by atoms with Gasteiger partial charge in [-0.05, 0) is 46.2 Å². The lowest BCUT2D eigenvalue weighted by Crippen LogP contribution is -2.64. The number of likely N-dealkylation sites (tertiary alicyclic amines) is 1. The fourth-order valence-electron chi connectivity index (χ4n) is 4.77. The molecule has 13 heteroatoms. The number of hydrogen-bond donors (Lipinski definition) is 2. The fraction of sp³-hybridized carbons (Fsp3) is 0.464. The summed E-state index contributed by atoms with van der Waals surface area (Å²) in [4.78, 5) is 45.5. The molecule has 0 spiro atoms. The number of hydrogen-bond acceptors (Lipinski definition) is 10. The number of aromatic nitrogens is 3. The number of benzene rings is 1. The molecule has 1 aromatic carbocycles. The molecule has 218 valence electrons. The summed E-state index contributed by atoms with van der Waals surface area (Å²) in [5.74, 6) is 1.82. The minimum absolute atomic E-state index is 0.243. The van der Waals surface area contributed by atoms with Gasteiger partial charge in [-0.25, -0.2) is 19.7 Å². The molecule has 11 nitrogen and oxygen atoms in total. The van der Waals surface area contributed by atoms with Crippen LogP contribution < -0.4 is 15.5 Å². The average Bonchev–Trinajstić information content (AvgIpc) is 3.33. The highest BCUT2D eigenvalue weighted by molar-refractivity contribution is 7.17. The molecule has 0 bridgehead atoms. The van der Waals surface area contributed by atoms with Gasteiger partial charge in [0.2, 0.25) is 0 Å². The summed E-state index contributed by atoms with van der Waals surface area (Å²) in [5.41, 5.74) is 0.995. The number of aryl methyl sites for hydroxylation is 2. The van der Waals surface area contributed by atoms with Crippen LogP contribution in [-0.4, -0.2) is 87.7 Å². The maximum absolute atomic E-state index is 12.8. The summed E-state index contributed by atoms with van der Waals surface area (Å²) in [6, 6.07) is 7.74. The number of carbonyl (C=O) groups is 2. The first kappa shape index (κ1) is 29.0. The van der Waals surface area contributed by atoms with E-state index in [4.69, 9.17) is 16.3 Å². The van der Waals surface area contributed by atoms with Crippen molar-refractivity contribution in [1.29, 1.82) is 0 Å². The molecule has 2 aliphatic rings. The second-order valence-corrected chi connectivity index (χ2v) is 12.7. The number of carbonyl (C=O) groups excluding carboxylic acids is 2. The van der Waals surface area contributed by atoms with E-state index in [1.54, 1.807) is 11.0 Å². The Morgan fingerprint density at radius 2 is 1.83 bits per heavy atom. The highest BCUT2D eigenvalue weighted by Crippen LogP contribution is 2.29. The van der Waals surface area contributed by atoms with Gasteiger partial charge in [0.05, 0.1) is 16.9 Å². The summed E-state index contributed by atoms with van der Waals surface area (Å²) >= 11 is 7.49. The van der Waals surface area contributed by atoms with Crippen molar-refractivity contribution in [3.63, 3.8) is 0 Å². The molecule has 2 aromatic heterocycles. The number of ether oxygens (including phenoxy) is 1. The molecule has 0 aliphatic carbocycles. The van der Waals surface area contributed by atoms with Gasteiger partial charge in [-0.3, -0.25) is 9.69 Å². The smallest absolute Gasteiger partial charge is 0.410 e. The SMILES string of the molecule is Cc1nc(Nc2ncc(C(=O)Nc3c(C)cccc3Cl)s2)cc(N2CCN(C3CN(C(=O)OC(C)(C)C)C3)CC2)n1. The van der Waals surface area contributed by atoms with E-state index in [0.29, 0.717) is 51.5 Å². The predicted octanol–water partition coefficient (Wildman–Crippen LogP) is 4.94. The summed E-state index contributed by atoms with van der Waals surface area (Å²) in [5, 5.41) is 7.15. The normalized spacial score (nSPS) is 16.3. The third-order valence-electron chi connectivity index (χ3n) is 6.92. The lowest BCUT2D eigenvalue weighted by Gasteiger charge is -2.48. The molecular weight excluding hydrogens is 564 g/mol. The van der Waals surface area contributed by atoms with E-state index in [-0.39, 0.29) is 12.0 Å². The van der Waals surface area contributed by atoms with E-state index in [9.17, 15) is 9.59 Å². The number of nitrogens with one attached hydrogen (secondary N) is 2. The Balaban J connectivity index is 1.15. The van der Waals surface area contributed by atoms with E-state index in [1.807, 2.05) is 52.8 Å². The molecule has 0 unspecified atom stereocenters. The molecule has 2 saturated heterocycles. The maximum atomic E-state index is 12.8. The highest BCUT2D eigenvalue weighted by Gasteiger charge is 2.38. The second-order valence-electron chi connectivity index (χ2n) is 11.3. The van der Waals surface area contributed by atoms with E-state index < -0.39 is 5.60 Å². The van der Waals surface area contributed by atoms with Gasteiger partial charge in [0.15, 0.2) is 5.13 Å². The van der Waals surface area contributed by atoms with Crippen LogP contribution in [0.1, 0.15) is 41.8 Å². The Kier molecular flexibility index (Phi) is 8.35. The summed E-state index contributed by atoms with van der Waals surface area (Å²) < 4.78 is 5.47. The first-order chi connectivity index (χ1) is 19.4. The average molecular weight is 599 g/mol. The van der Waals surface area contributed by atoms with Crippen LogP contribution in [0.15, 0.2) is 30.5 Å². The largest absolute Gasteiger partial charge is 0.444 e. The molecule has 0 radical (unpaired) electrons. The molecule has 2 fully saturated rings. The van der Waals surface area contributed by atoms with Crippen molar-refractivity contribution < 1.29 is 14.3 Å². The summed E-state index contributed by atoms with van der Waals surface area (Å²) in [7, 11) is 0.